The molecule has 0 aliphatic carbocycles. The van der Waals surface area contributed by atoms with Crippen LogP contribution in [0.2, 0.25) is 0 Å². The van der Waals surface area contributed by atoms with Crippen LogP contribution in [0.3, 0.4) is 0 Å². The van der Waals surface area contributed by atoms with Crippen LogP contribution in [0, 0.1) is 5.82 Å². The first kappa shape index (κ1) is 14.3. The van der Waals surface area contributed by atoms with Gasteiger partial charge in [0.15, 0.2) is 0 Å². The average Bonchev–Trinajstić information content (AvgIpc) is 2.40. The normalized spacial score (nSPS) is 11.4. The molecule has 0 saturated heterocycles. The molecule has 0 aliphatic heterocycles. The summed E-state index contributed by atoms with van der Waals surface area (Å²) in [6.07, 6.45) is 1.38. The molecule has 0 atom stereocenters. The van der Waals surface area contributed by atoms with Crippen LogP contribution in [0.25, 0.3) is 0 Å². The van der Waals surface area contributed by atoms with Crippen LogP contribution in [-0.2, 0) is 12.5 Å². The number of nitrogens with zero attached hydrogens (tertiary/aromatic N) is 1. The maximum Gasteiger partial charge on any atom is 0.274 e. The second kappa shape index (κ2) is 5.50. The monoisotopic (exact) mass is 282 g/mol. The van der Waals surface area contributed by atoms with Gasteiger partial charge in [0, 0.05) is 13.5 Å². The number of pyridine rings is 1. The molecule has 1 aromatic carbocycles. The van der Waals surface area contributed by atoms with Crippen molar-refractivity contribution in [3.05, 3.63) is 53.6 Å². The lowest BCUT2D eigenvalue weighted by Crippen LogP contribution is -2.09. The lowest BCUT2D eigenvalue weighted by atomic mass is 10.1. The third-order valence-corrected chi connectivity index (χ3v) is 2.65. The van der Waals surface area contributed by atoms with E-state index >= 15 is 0 Å². The molecule has 3 nitrogen and oxygen atoms in total. The van der Waals surface area contributed by atoms with E-state index in [1.165, 1.54) is 12.3 Å². The summed E-state index contributed by atoms with van der Waals surface area (Å²) in [5.74, 6) is -3.78. The van der Waals surface area contributed by atoms with Crippen LogP contribution >= 0.6 is 0 Å². The van der Waals surface area contributed by atoms with Gasteiger partial charge in [0.25, 0.3) is 5.92 Å². The molecule has 0 saturated carbocycles. The molecule has 0 aliphatic rings. The Kier molecular flexibility index (Phi) is 3.94. The number of aromatic nitrogens is 1. The fraction of sp³-hybridized carbons (Fsp3) is 0.214. The molecule has 0 amide bonds. The van der Waals surface area contributed by atoms with Crippen molar-refractivity contribution in [1.82, 2.24) is 4.98 Å². The van der Waals surface area contributed by atoms with Gasteiger partial charge in [0.2, 0.25) is 0 Å². The van der Waals surface area contributed by atoms with E-state index in [1.54, 1.807) is 12.1 Å². The van der Waals surface area contributed by atoms with E-state index in [1.807, 2.05) is 0 Å². The van der Waals surface area contributed by atoms with E-state index < -0.39 is 17.3 Å². The highest BCUT2D eigenvalue weighted by atomic mass is 19.3. The third kappa shape index (κ3) is 3.27. The van der Waals surface area contributed by atoms with Crippen LogP contribution in [0.4, 0.5) is 13.2 Å². The molecule has 0 radical (unpaired) electrons. The molecule has 20 heavy (non-hydrogen) atoms. The molecular formula is C14H13F3N2O. The Morgan fingerprint density at radius 2 is 2.00 bits per heavy atom. The number of hydrogen-bond acceptors (Lipinski definition) is 3. The summed E-state index contributed by atoms with van der Waals surface area (Å²) < 4.78 is 45.3. The van der Waals surface area contributed by atoms with Gasteiger partial charge in [-0.2, -0.15) is 0 Å². The molecule has 6 heteroatoms. The van der Waals surface area contributed by atoms with Crippen molar-refractivity contribution in [3.63, 3.8) is 0 Å². The molecule has 0 spiro atoms. The first-order valence-electron chi connectivity index (χ1n) is 5.91. The van der Waals surface area contributed by atoms with Crippen molar-refractivity contribution in [2.24, 2.45) is 5.73 Å². The molecule has 1 aromatic heterocycles. The molecule has 106 valence electrons. The number of benzene rings is 1. The van der Waals surface area contributed by atoms with Gasteiger partial charge in [-0.3, -0.25) is 4.98 Å². The second-order valence-electron chi connectivity index (χ2n) is 4.32. The van der Waals surface area contributed by atoms with Gasteiger partial charge in [-0.25, -0.2) is 13.2 Å². The zero-order chi connectivity index (χ0) is 14.8. The third-order valence-electron chi connectivity index (χ3n) is 2.65. The van der Waals surface area contributed by atoms with Crippen molar-refractivity contribution >= 4 is 0 Å². The smallest absolute Gasteiger partial charge is 0.274 e. The molecule has 2 aromatic rings. The number of ether oxygens (including phenoxy) is 1. The molecule has 0 bridgehead atoms. The van der Waals surface area contributed by atoms with Crippen molar-refractivity contribution < 1.29 is 17.9 Å². The largest absolute Gasteiger partial charge is 0.455 e. The zero-order valence-corrected chi connectivity index (χ0v) is 10.7. The Labute approximate surface area is 114 Å². The van der Waals surface area contributed by atoms with Gasteiger partial charge in [-0.05, 0) is 30.3 Å². The van der Waals surface area contributed by atoms with Gasteiger partial charge in [0.1, 0.15) is 17.3 Å². The fourth-order valence-corrected chi connectivity index (χ4v) is 1.65. The summed E-state index contributed by atoms with van der Waals surface area (Å²) in [6, 6.07) is 6.18. The van der Waals surface area contributed by atoms with Crippen LogP contribution in [-0.4, -0.2) is 4.98 Å². The Hall–Kier alpha value is -2.08. The predicted octanol–water partition coefficient (Wildman–Crippen LogP) is 3.58. The Balaban J connectivity index is 2.32. The van der Waals surface area contributed by atoms with Gasteiger partial charge in [-0.15, -0.1) is 0 Å². The number of rotatable bonds is 4. The Bertz CT molecular complexity index is 594. The lowest BCUT2D eigenvalue weighted by Gasteiger charge is -2.16. The fourth-order valence-electron chi connectivity index (χ4n) is 1.65. The first-order chi connectivity index (χ1) is 9.40. The highest BCUT2D eigenvalue weighted by Gasteiger charge is 2.29. The topological polar surface area (TPSA) is 48.1 Å². The zero-order valence-electron chi connectivity index (χ0n) is 10.7. The summed E-state index contributed by atoms with van der Waals surface area (Å²) in [5.41, 5.74) is 5.54. The quantitative estimate of drug-likeness (QED) is 0.932. The molecule has 2 rings (SSSR count). The molecule has 0 unspecified atom stereocenters. The second-order valence-corrected chi connectivity index (χ2v) is 4.32. The summed E-state index contributed by atoms with van der Waals surface area (Å²) in [7, 11) is 0. The number of halogens is 3. The van der Waals surface area contributed by atoms with Crippen molar-refractivity contribution in [2.45, 2.75) is 19.4 Å². The van der Waals surface area contributed by atoms with Crippen LogP contribution in [0.5, 0.6) is 11.5 Å². The highest BCUT2D eigenvalue weighted by Crippen LogP contribution is 2.36. The molecule has 1 heterocycles. The van der Waals surface area contributed by atoms with E-state index in [-0.39, 0.29) is 18.0 Å². The van der Waals surface area contributed by atoms with Gasteiger partial charge >= 0.3 is 0 Å². The minimum absolute atomic E-state index is 0.110. The van der Waals surface area contributed by atoms with Crippen LogP contribution in [0.1, 0.15) is 18.2 Å². The summed E-state index contributed by atoms with van der Waals surface area (Å²) in [6.45, 7) is 0.958. The SMILES string of the molecule is CC(F)(F)c1cc(F)ccc1Oc1ccc(CN)nc1. The molecule has 2 N–H and O–H groups in total. The standard InChI is InChI=1S/C14H13F3N2O/c1-14(16,17)12-6-9(15)2-5-13(12)20-11-4-3-10(7-18)19-8-11/h2-6,8H,7,18H2,1H3. The van der Waals surface area contributed by atoms with Gasteiger partial charge < -0.3 is 10.5 Å². The van der Waals surface area contributed by atoms with E-state index in [4.69, 9.17) is 10.5 Å². The van der Waals surface area contributed by atoms with Crippen LogP contribution < -0.4 is 10.5 Å². The number of nitrogens with two attached hydrogens (primary N) is 1. The Morgan fingerprint density at radius 3 is 2.55 bits per heavy atom. The Morgan fingerprint density at radius 1 is 1.25 bits per heavy atom. The maximum absolute atomic E-state index is 13.4. The van der Waals surface area contributed by atoms with Gasteiger partial charge in [0.05, 0.1) is 17.5 Å². The van der Waals surface area contributed by atoms with Crippen molar-refractivity contribution in [1.29, 1.82) is 0 Å². The van der Waals surface area contributed by atoms with Gasteiger partial charge in [-0.1, -0.05) is 0 Å². The van der Waals surface area contributed by atoms with Crippen LogP contribution in [0.15, 0.2) is 36.5 Å². The average molecular weight is 282 g/mol. The summed E-state index contributed by atoms with van der Waals surface area (Å²) >= 11 is 0. The van der Waals surface area contributed by atoms with Crippen molar-refractivity contribution in [3.8, 4) is 11.5 Å². The summed E-state index contributed by atoms with van der Waals surface area (Å²) in [4.78, 5) is 3.99. The minimum atomic E-state index is -3.21. The molecular weight excluding hydrogens is 269 g/mol. The van der Waals surface area contributed by atoms with E-state index in [9.17, 15) is 13.2 Å². The summed E-state index contributed by atoms with van der Waals surface area (Å²) in [5, 5.41) is 0. The molecule has 0 fully saturated rings. The first-order valence-corrected chi connectivity index (χ1v) is 5.91. The van der Waals surface area contributed by atoms with E-state index in [0.717, 1.165) is 12.1 Å². The minimum Gasteiger partial charge on any atom is -0.455 e. The van der Waals surface area contributed by atoms with E-state index in [2.05, 4.69) is 4.98 Å². The van der Waals surface area contributed by atoms with Crippen molar-refractivity contribution in [2.75, 3.05) is 0 Å². The number of alkyl halides is 2. The van der Waals surface area contributed by atoms with E-state index in [0.29, 0.717) is 12.6 Å². The number of hydrogen-bond donors (Lipinski definition) is 1. The highest BCUT2D eigenvalue weighted by molar-refractivity contribution is 5.40. The predicted molar refractivity (Wildman–Crippen MR) is 68.2 cm³/mol. The maximum atomic E-state index is 13.4. The lowest BCUT2D eigenvalue weighted by molar-refractivity contribution is 0.0152.